The van der Waals surface area contributed by atoms with Crippen LogP contribution < -0.4 is 10.1 Å². The molecule has 1 amide bonds. The van der Waals surface area contributed by atoms with Crippen molar-refractivity contribution in [3.63, 3.8) is 0 Å². The van der Waals surface area contributed by atoms with Crippen molar-refractivity contribution < 1.29 is 14.5 Å². The Morgan fingerprint density at radius 2 is 1.96 bits per heavy atom. The molecule has 6 nitrogen and oxygen atoms in total. The van der Waals surface area contributed by atoms with Crippen molar-refractivity contribution in [2.75, 3.05) is 0 Å². The Bertz CT molecular complexity index is 901. The van der Waals surface area contributed by atoms with E-state index in [-0.39, 0.29) is 23.2 Å². The zero-order valence-corrected chi connectivity index (χ0v) is 15.6. The van der Waals surface area contributed by atoms with Crippen LogP contribution in [0.25, 0.3) is 6.08 Å². The summed E-state index contributed by atoms with van der Waals surface area (Å²) in [6.45, 7) is 6.01. The van der Waals surface area contributed by atoms with Gasteiger partial charge in [-0.25, -0.2) is 0 Å². The standard InChI is InChI=1S/C21H22N2O4/c1-14-4-10-19-17(12-14)18(13-21(2,3)27-19)22-20(24)11-7-15-5-8-16(9-6-15)23(25)26/h4-12,18H,13H2,1-3H3,(H,22,24)/b11-7+/t18-/m1/s1. The van der Waals surface area contributed by atoms with Crippen LogP contribution in [0.15, 0.2) is 48.5 Å². The number of nitro groups is 1. The molecule has 0 saturated carbocycles. The smallest absolute Gasteiger partial charge is 0.269 e. The molecule has 0 bridgehead atoms. The maximum absolute atomic E-state index is 12.4. The summed E-state index contributed by atoms with van der Waals surface area (Å²) < 4.78 is 6.02. The van der Waals surface area contributed by atoms with Crippen molar-refractivity contribution in [2.24, 2.45) is 0 Å². The van der Waals surface area contributed by atoms with Gasteiger partial charge in [0, 0.05) is 30.2 Å². The SMILES string of the molecule is Cc1ccc2c(c1)[C@H](NC(=O)/C=C/c1ccc([N+](=O)[O-])cc1)CC(C)(C)O2. The molecule has 1 heterocycles. The minimum Gasteiger partial charge on any atom is -0.487 e. The Labute approximate surface area is 158 Å². The number of nitro benzene ring substituents is 1. The molecule has 6 heteroatoms. The van der Waals surface area contributed by atoms with Gasteiger partial charge in [0.25, 0.3) is 5.69 Å². The fourth-order valence-electron chi connectivity index (χ4n) is 3.20. The molecule has 0 aromatic heterocycles. The number of amides is 1. The van der Waals surface area contributed by atoms with Crippen LogP contribution in [0, 0.1) is 17.0 Å². The van der Waals surface area contributed by atoms with Gasteiger partial charge < -0.3 is 10.1 Å². The normalized spacial score (nSPS) is 17.8. The van der Waals surface area contributed by atoms with Crippen molar-refractivity contribution in [3.05, 3.63) is 75.3 Å². The molecule has 3 rings (SSSR count). The Morgan fingerprint density at radius 1 is 1.26 bits per heavy atom. The van der Waals surface area contributed by atoms with Crippen molar-refractivity contribution in [1.29, 1.82) is 0 Å². The molecule has 2 aromatic carbocycles. The van der Waals surface area contributed by atoms with E-state index in [0.717, 1.165) is 22.4 Å². The summed E-state index contributed by atoms with van der Waals surface area (Å²) in [7, 11) is 0. The van der Waals surface area contributed by atoms with Gasteiger partial charge in [-0.05, 0) is 50.6 Å². The molecule has 0 saturated heterocycles. The summed E-state index contributed by atoms with van der Waals surface area (Å²) in [5.41, 5.74) is 2.46. The average molecular weight is 366 g/mol. The topological polar surface area (TPSA) is 81.5 Å². The number of aryl methyl sites for hydroxylation is 1. The first-order valence-corrected chi connectivity index (χ1v) is 8.76. The minimum atomic E-state index is -0.452. The summed E-state index contributed by atoms with van der Waals surface area (Å²) in [5, 5.41) is 13.7. The number of nitrogens with one attached hydrogen (secondary N) is 1. The highest BCUT2D eigenvalue weighted by atomic mass is 16.6. The van der Waals surface area contributed by atoms with Crippen LogP contribution in [0.5, 0.6) is 5.75 Å². The van der Waals surface area contributed by atoms with Crippen LogP contribution in [0.4, 0.5) is 5.69 Å². The lowest BCUT2D eigenvalue weighted by molar-refractivity contribution is -0.384. The third kappa shape index (κ3) is 4.53. The molecule has 0 aliphatic carbocycles. The van der Waals surface area contributed by atoms with Crippen molar-refractivity contribution in [2.45, 2.75) is 38.8 Å². The predicted molar refractivity (Wildman–Crippen MR) is 104 cm³/mol. The molecule has 0 radical (unpaired) electrons. The zero-order chi connectivity index (χ0) is 19.6. The number of non-ortho nitro benzene ring substituents is 1. The number of hydrogen-bond acceptors (Lipinski definition) is 4. The fourth-order valence-corrected chi connectivity index (χ4v) is 3.20. The summed E-state index contributed by atoms with van der Waals surface area (Å²) in [4.78, 5) is 22.7. The Hall–Kier alpha value is -3.15. The quantitative estimate of drug-likeness (QED) is 0.496. The molecule has 140 valence electrons. The molecule has 1 aliphatic rings. The predicted octanol–water partition coefficient (Wildman–Crippen LogP) is 4.34. The second-order valence-corrected chi connectivity index (χ2v) is 7.35. The van der Waals surface area contributed by atoms with E-state index in [1.165, 1.54) is 18.2 Å². The van der Waals surface area contributed by atoms with Gasteiger partial charge in [0.1, 0.15) is 11.4 Å². The molecule has 27 heavy (non-hydrogen) atoms. The number of carbonyl (C=O) groups is 1. The summed E-state index contributed by atoms with van der Waals surface area (Å²) in [6, 6.07) is 11.9. The lowest BCUT2D eigenvalue weighted by atomic mass is 9.89. The van der Waals surface area contributed by atoms with Crippen LogP contribution >= 0.6 is 0 Å². The number of ether oxygens (including phenoxy) is 1. The highest BCUT2D eigenvalue weighted by Gasteiger charge is 2.34. The van der Waals surface area contributed by atoms with E-state index in [4.69, 9.17) is 4.74 Å². The maximum Gasteiger partial charge on any atom is 0.269 e. The van der Waals surface area contributed by atoms with Gasteiger partial charge in [-0.1, -0.05) is 17.7 Å². The Morgan fingerprint density at radius 3 is 2.63 bits per heavy atom. The van der Waals surface area contributed by atoms with Crippen molar-refractivity contribution in [3.8, 4) is 5.75 Å². The average Bonchev–Trinajstić information content (AvgIpc) is 2.60. The molecule has 0 unspecified atom stereocenters. The van der Waals surface area contributed by atoms with Crippen LogP contribution in [0.2, 0.25) is 0 Å². The number of carbonyl (C=O) groups excluding carboxylic acids is 1. The lowest BCUT2D eigenvalue weighted by Crippen LogP contribution is -2.41. The zero-order valence-electron chi connectivity index (χ0n) is 15.6. The largest absolute Gasteiger partial charge is 0.487 e. The van der Waals surface area contributed by atoms with E-state index in [0.29, 0.717) is 6.42 Å². The molecule has 1 aliphatic heterocycles. The van der Waals surface area contributed by atoms with Crippen LogP contribution in [-0.2, 0) is 4.79 Å². The van der Waals surface area contributed by atoms with E-state index in [2.05, 4.69) is 5.32 Å². The molecule has 2 aromatic rings. The van der Waals surface area contributed by atoms with Gasteiger partial charge in [0.15, 0.2) is 0 Å². The van der Waals surface area contributed by atoms with Gasteiger partial charge in [-0.2, -0.15) is 0 Å². The van der Waals surface area contributed by atoms with Crippen LogP contribution in [-0.4, -0.2) is 16.4 Å². The minimum absolute atomic E-state index is 0.0213. The first kappa shape index (κ1) is 18.6. The van der Waals surface area contributed by atoms with Gasteiger partial charge in [0.2, 0.25) is 5.91 Å². The number of fused-ring (bicyclic) bond motifs is 1. The first-order valence-electron chi connectivity index (χ1n) is 8.76. The molecular weight excluding hydrogens is 344 g/mol. The molecular formula is C21H22N2O4. The molecule has 0 fully saturated rings. The van der Waals surface area contributed by atoms with E-state index >= 15 is 0 Å². The van der Waals surface area contributed by atoms with Gasteiger partial charge in [-0.3, -0.25) is 14.9 Å². The number of rotatable bonds is 4. The third-order valence-electron chi connectivity index (χ3n) is 4.47. The van der Waals surface area contributed by atoms with Crippen LogP contribution in [0.3, 0.4) is 0 Å². The second kappa shape index (κ2) is 7.23. The molecule has 1 N–H and O–H groups in total. The summed E-state index contributed by atoms with van der Waals surface area (Å²) in [5.74, 6) is 0.574. The third-order valence-corrected chi connectivity index (χ3v) is 4.47. The van der Waals surface area contributed by atoms with Crippen LogP contribution in [0.1, 0.15) is 43.0 Å². The first-order chi connectivity index (χ1) is 12.7. The van der Waals surface area contributed by atoms with Crippen molar-refractivity contribution >= 4 is 17.7 Å². The maximum atomic E-state index is 12.4. The summed E-state index contributed by atoms with van der Waals surface area (Å²) in [6.07, 6.45) is 3.75. The monoisotopic (exact) mass is 366 g/mol. The number of benzene rings is 2. The van der Waals surface area contributed by atoms with Gasteiger partial charge in [-0.15, -0.1) is 0 Å². The van der Waals surface area contributed by atoms with E-state index in [9.17, 15) is 14.9 Å². The van der Waals surface area contributed by atoms with Gasteiger partial charge >= 0.3 is 0 Å². The second-order valence-electron chi connectivity index (χ2n) is 7.35. The lowest BCUT2D eigenvalue weighted by Gasteiger charge is -2.38. The highest BCUT2D eigenvalue weighted by Crippen LogP contribution is 2.39. The molecule has 0 spiro atoms. The van der Waals surface area contributed by atoms with E-state index in [1.807, 2.05) is 39.0 Å². The van der Waals surface area contributed by atoms with E-state index < -0.39 is 4.92 Å². The number of nitrogens with zero attached hydrogens (tertiary/aromatic N) is 1. The van der Waals surface area contributed by atoms with Gasteiger partial charge in [0.05, 0.1) is 11.0 Å². The van der Waals surface area contributed by atoms with Crippen molar-refractivity contribution in [1.82, 2.24) is 5.32 Å². The fraction of sp³-hybridized carbons (Fsp3) is 0.286. The van der Waals surface area contributed by atoms with E-state index in [1.54, 1.807) is 18.2 Å². The highest BCUT2D eigenvalue weighted by molar-refractivity contribution is 5.92. The molecule has 1 atom stereocenters. The Kier molecular flexibility index (Phi) is 4.99. The summed E-state index contributed by atoms with van der Waals surface area (Å²) >= 11 is 0. The Balaban J connectivity index is 1.73. The number of hydrogen-bond donors (Lipinski definition) is 1.